The predicted octanol–water partition coefficient (Wildman–Crippen LogP) is 34.2. The molecule has 0 spiro atoms. The third kappa shape index (κ3) is 12.9. The van der Waals surface area contributed by atoms with Gasteiger partial charge in [0.1, 0.15) is 0 Å². The van der Waals surface area contributed by atoms with Crippen molar-refractivity contribution >= 4 is 87.2 Å². The van der Waals surface area contributed by atoms with E-state index >= 15 is 0 Å². The Balaban J connectivity index is 0.603. The normalized spacial score (nSPS) is 12.4. The molecule has 0 saturated heterocycles. The lowest BCUT2D eigenvalue weighted by molar-refractivity contribution is 1.01. The van der Waals surface area contributed by atoms with E-state index in [1.54, 1.807) is 0 Å². The van der Waals surface area contributed by atoms with Crippen LogP contribution >= 0.6 is 0 Å². The molecule has 5 aromatic heterocycles. The zero-order valence-electron chi connectivity index (χ0n) is 75.2. The van der Waals surface area contributed by atoms with Gasteiger partial charge in [0.15, 0.2) is 5.82 Å². The molecule has 0 N–H and O–H groups in total. The summed E-state index contributed by atoms with van der Waals surface area (Å²) < 4.78 is 9.60. The maximum atomic E-state index is 5.84. The number of rotatable bonds is 15. The molecular weight excluding hydrogens is 1670 g/mol. The Morgan fingerprint density at radius 2 is 0.384 bits per heavy atom. The molecule has 0 unspecified atom stereocenters. The van der Waals surface area contributed by atoms with E-state index in [2.05, 4.69) is 516 Å². The zero-order chi connectivity index (χ0) is 90.6. The summed E-state index contributed by atoms with van der Waals surface area (Å²) in [5, 5.41) is 9.78. The molecule has 0 fully saturated rings. The molecule has 0 aliphatic heterocycles. The molecule has 0 amide bonds. The highest BCUT2D eigenvalue weighted by Crippen LogP contribution is 2.55. The van der Waals surface area contributed by atoms with Crippen LogP contribution in [0.25, 0.3) is 233 Å². The molecule has 28 rings (SSSR count). The van der Waals surface area contributed by atoms with Crippen molar-refractivity contribution in [3.8, 4) is 146 Å². The first-order valence-electron chi connectivity index (χ1n) is 47.7. The highest BCUT2D eigenvalue weighted by Gasteiger charge is 2.35. The maximum absolute atomic E-state index is 5.84. The molecule has 0 atom stereocenters. The molecule has 0 saturated carbocycles. The number of benzene rings is 21. The van der Waals surface area contributed by atoms with E-state index in [1.165, 1.54) is 165 Å². The molecule has 2 aliphatic rings. The fourth-order valence-electron chi connectivity index (χ4n) is 22.9. The lowest BCUT2D eigenvalue weighted by Gasteiger charge is -2.18. The second kappa shape index (κ2) is 31.8. The van der Waals surface area contributed by atoms with Crippen molar-refractivity contribution in [3.63, 3.8) is 0 Å². The first-order valence-corrected chi connectivity index (χ1v) is 47.7. The van der Waals surface area contributed by atoms with E-state index in [9.17, 15) is 0 Å². The van der Waals surface area contributed by atoms with Gasteiger partial charge in [0, 0.05) is 94.4 Å². The molecule has 0 bridgehead atoms. The monoisotopic (exact) mass is 1750 g/mol. The van der Waals surface area contributed by atoms with Crippen LogP contribution in [0.4, 0.5) is 0 Å². The van der Waals surface area contributed by atoms with E-state index in [1.807, 2.05) is 0 Å². The molecule has 138 heavy (non-hydrogen) atoms. The molecular formula is C132H84N6. The SMILES string of the molecule is c1ccc(-c2cc(-c3ccccc3)cc(-c3nc(-c4cccc(C5c6ccc(-c7ccc8c(c7)c7ccccc7n8-c7ccccc7)cc6-c6cc(-c7ccc8c(c7)c7ccccc7n8-c7ccccc7)ccc65)c4)cc(-c4cccc(C5c6ccc(-c7ccc8c(c7)c7ccccc7n8-c7ccccc7)cc6-c6cc(-c7ccc8c(c7)c7ccccc7n8-c7ccccc7)ccc65)c4)n3)c2)cc1. The minimum Gasteiger partial charge on any atom is -0.309 e. The fraction of sp³-hybridized carbons (Fsp3) is 0.0152. The zero-order valence-corrected chi connectivity index (χ0v) is 75.2. The van der Waals surface area contributed by atoms with Crippen LogP contribution in [-0.4, -0.2) is 28.2 Å². The Hall–Kier alpha value is -18.1. The fourth-order valence-corrected chi connectivity index (χ4v) is 22.9. The predicted molar refractivity (Wildman–Crippen MR) is 574 cm³/mol. The molecule has 21 aromatic carbocycles. The van der Waals surface area contributed by atoms with Gasteiger partial charge in [0.2, 0.25) is 0 Å². The van der Waals surface area contributed by atoms with Crippen LogP contribution in [0.1, 0.15) is 45.2 Å². The number of aromatic nitrogens is 6. The van der Waals surface area contributed by atoms with Gasteiger partial charge in [0.25, 0.3) is 0 Å². The smallest absolute Gasteiger partial charge is 0.160 e. The highest BCUT2D eigenvalue weighted by atomic mass is 15.0. The lowest BCUT2D eigenvalue weighted by Crippen LogP contribution is -2.02. The van der Waals surface area contributed by atoms with Crippen LogP contribution < -0.4 is 0 Å². The van der Waals surface area contributed by atoms with Crippen molar-refractivity contribution in [1.29, 1.82) is 0 Å². The third-order valence-corrected chi connectivity index (χ3v) is 29.3. The molecule has 2 aliphatic carbocycles. The first kappa shape index (κ1) is 78.5. The number of fused-ring (bicyclic) bond motifs is 18. The summed E-state index contributed by atoms with van der Waals surface area (Å²) in [5.41, 5.74) is 44.6. The number of hydrogen-bond acceptors (Lipinski definition) is 2. The second-order valence-corrected chi connectivity index (χ2v) is 37.0. The highest BCUT2D eigenvalue weighted by molar-refractivity contribution is 6.15. The van der Waals surface area contributed by atoms with Crippen LogP contribution in [0.15, 0.2) is 497 Å². The Kier molecular flexibility index (Phi) is 18.1. The summed E-state index contributed by atoms with van der Waals surface area (Å²) in [7, 11) is 0. The van der Waals surface area contributed by atoms with Crippen LogP contribution in [-0.2, 0) is 0 Å². The van der Waals surface area contributed by atoms with Gasteiger partial charge in [-0.2, -0.15) is 0 Å². The molecule has 26 aromatic rings. The summed E-state index contributed by atoms with van der Waals surface area (Å²) in [6.07, 6.45) is 0. The summed E-state index contributed by atoms with van der Waals surface area (Å²) in [4.78, 5) is 11.7. The van der Waals surface area contributed by atoms with Gasteiger partial charge in [-0.3, -0.25) is 0 Å². The first-order chi connectivity index (χ1) is 68.4. The quantitative estimate of drug-likeness (QED) is 0.103. The van der Waals surface area contributed by atoms with Gasteiger partial charge in [0.05, 0.1) is 55.5 Å². The van der Waals surface area contributed by atoms with Gasteiger partial charge >= 0.3 is 0 Å². The standard InChI is InChI=1S/C132H84N6/c1-7-29-83(30-8-1)97-71-98(84-31-9-2-10-32-84)73-99(72-97)132-133-120(93-33-27-35-95(69-93)130-108-61-53-85(89-57-65-126-116(78-89)104-45-19-23-49-122(104)135(126)100-37-11-3-12-38-100)74-112(108)113-75-86(54-62-109(113)130)90-58-66-127-117(79-90)105-46-20-24-50-123(105)136(127)101-39-13-4-14-40-101)82-121(134-132)94-34-28-36-96(70-94)131-110-63-55-87(91-59-67-128-118(80-91)106-47-21-25-51-124(106)137(128)102-41-15-5-16-42-102)76-114(110)115-77-88(56-64-111(115)131)92-60-68-129-119(81-92)107-48-22-26-52-125(107)138(129)103-43-17-6-18-44-103/h1-82,130-131H. The van der Waals surface area contributed by atoms with Crippen LogP contribution in [0, 0.1) is 0 Å². The minimum absolute atomic E-state index is 0.123. The summed E-state index contributed by atoms with van der Waals surface area (Å²) in [6.45, 7) is 0. The van der Waals surface area contributed by atoms with E-state index < -0.39 is 0 Å². The Labute approximate surface area is 798 Å². The summed E-state index contributed by atoms with van der Waals surface area (Å²) in [5.74, 6) is 0.391. The van der Waals surface area contributed by atoms with Crippen molar-refractivity contribution in [2.24, 2.45) is 0 Å². The molecule has 642 valence electrons. The Morgan fingerprint density at radius 1 is 0.145 bits per heavy atom. The van der Waals surface area contributed by atoms with Crippen LogP contribution in [0.3, 0.4) is 0 Å². The summed E-state index contributed by atoms with van der Waals surface area (Å²) in [6, 6.07) is 185. The van der Waals surface area contributed by atoms with Crippen molar-refractivity contribution in [2.75, 3.05) is 0 Å². The molecule has 6 heteroatoms. The van der Waals surface area contributed by atoms with E-state index in [4.69, 9.17) is 9.97 Å². The minimum atomic E-state index is -0.123. The number of para-hydroxylation sites is 8. The van der Waals surface area contributed by atoms with Crippen molar-refractivity contribution < 1.29 is 0 Å². The topological polar surface area (TPSA) is 45.5 Å². The lowest BCUT2D eigenvalue weighted by atomic mass is 9.86. The average Bonchev–Trinajstić information content (AvgIpc) is 1.58. The third-order valence-electron chi connectivity index (χ3n) is 29.3. The molecule has 6 nitrogen and oxygen atoms in total. The van der Waals surface area contributed by atoms with E-state index in [0.717, 1.165) is 95.3 Å². The molecule has 5 heterocycles. The van der Waals surface area contributed by atoms with Gasteiger partial charge in [-0.15, -0.1) is 0 Å². The largest absolute Gasteiger partial charge is 0.309 e. The van der Waals surface area contributed by atoms with Crippen LogP contribution in [0.2, 0.25) is 0 Å². The number of hydrogen-bond donors (Lipinski definition) is 0. The Bertz CT molecular complexity index is 8500. The van der Waals surface area contributed by atoms with E-state index in [0.29, 0.717) is 5.82 Å². The van der Waals surface area contributed by atoms with Gasteiger partial charge in [-0.25, -0.2) is 9.97 Å². The van der Waals surface area contributed by atoms with Gasteiger partial charge in [-0.05, 0) is 304 Å². The van der Waals surface area contributed by atoms with Gasteiger partial charge in [-0.1, -0.05) is 315 Å². The molecule has 0 radical (unpaired) electrons. The van der Waals surface area contributed by atoms with Gasteiger partial charge < -0.3 is 18.3 Å². The van der Waals surface area contributed by atoms with E-state index in [-0.39, 0.29) is 11.8 Å². The second-order valence-electron chi connectivity index (χ2n) is 37.0. The van der Waals surface area contributed by atoms with Crippen molar-refractivity contribution in [3.05, 3.63) is 531 Å². The maximum Gasteiger partial charge on any atom is 0.160 e. The number of nitrogens with zero attached hydrogens (tertiary/aromatic N) is 6. The van der Waals surface area contributed by atoms with Crippen LogP contribution in [0.5, 0.6) is 0 Å². The van der Waals surface area contributed by atoms with Crippen molar-refractivity contribution in [1.82, 2.24) is 28.2 Å². The average molecular weight is 1750 g/mol. The Morgan fingerprint density at radius 3 is 0.681 bits per heavy atom. The van der Waals surface area contributed by atoms with Crippen molar-refractivity contribution in [2.45, 2.75) is 11.8 Å². The summed E-state index contributed by atoms with van der Waals surface area (Å²) >= 11 is 0.